The largest absolute Gasteiger partial charge is 0.485 e. The van der Waals surface area contributed by atoms with Crippen molar-refractivity contribution in [1.29, 1.82) is 0 Å². The van der Waals surface area contributed by atoms with Crippen LogP contribution in [0.4, 0.5) is 0 Å². The molecule has 1 fully saturated rings. The van der Waals surface area contributed by atoms with Crippen molar-refractivity contribution in [2.45, 2.75) is 17.4 Å². The maximum absolute atomic E-state index is 11.7. The third kappa shape index (κ3) is 4.18. The van der Waals surface area contributed by atoms with Crippen LogP contribution in [0.15, 0.2) is 53.4 Å². The summed E-state index contributed by atoms with van der Waals surface area (Å²) in [6.07, 6.45) is 2.20. The molecular formula is C21H25NO4S. The Morgan fingerprint density at radius 3 is 2.48 bits per heavy atom. The fourth-order valence-corrected chi connectivity index (χ4v) is 4.62. The van der Waals surface area contributed by atoms with Gasteiger partial charge in [-0.05, 0) is 41.8 Å². The van der Waals surface area contributed by atoms with Crippen molar-refractivity contribution in [3.8, 4) is 5.75 Å². The molecule has 0 spiro atoms. The normalized spacial score (nSPS) is 23.1. The maximum Gasteiger partial charge on any atom is 0.175 e. The predicted octanol–water partition coefficient (Wildman–Crippen LogP) is 2.71. The highest BCUT2D eigenvalue weighted by Gasteiger charge is 2.35. The molecule has 144 valence electrons. The lowest BCUT2D eigenvalue weighted by molar-refractivity contribution is 0.0192. The van der Waals surface area contributed by atoms with Gasteiger partial charge in [-0.15, -0.1) is 0 Å². The summed E-state index contributed by atoms with van der Waals surface area (Å²) in [6.45, 7) is 4.48. The zero-order chi connectivity index (χ0) is 18.9. The molecule has 0 amide bonds. The molecule has 0 saturated carbocycles. The summed E-state index contributed by atoms with van der Waals surface area (Å²) < 4.78 is 35.2. The van der Waals surface area contributed by atoms with Gasteiger partial charge in [0.25, 0.3) is 0 Å². The third-order valence-corrected chi connectivity index (χ3v) is 6.51. The van der Waals surface area contributed by atoms with Gasteiger partial charge in [0.05, 0.1) is 18.1 Å². The van der Waals surface area contributed by atoms with Crippen LogP contribution in [-0.4, -0.2) is 52.4 Å². The first-order chi connectivity index (χ1) is 13.0. The minimum Gasteiger partial charge on any atom is -0.485 e. The van der Waals surface area contributed by atoms with Gasteiger partial charge in [0.2, 0.25) is 0 Å². The standard InChI is InChI=1S/C21H25NO4S/c1-27(23,24)19-8-6-18(7-9-19)26-21-17(15-22-10-12-25-13-11-22)14-16-4-2-3-5-20(16)21/h2-9,17,21H,10-15H2,1H3/t17-,21-/m1/s1. The zero-order valence-electron chi connectivity index (χ0n) is 15.5. The van der Waals surface area contributed by atoms with Crippen LogP contribution < -0.4 is 4.74 Å². The number of morpholine rings is 1. The summed E-state index contributed by atoms with van der Waals surface area (Å²) >= 11 is 0. The van der Waals surface area contributed by atoms with Crippen molar-refractivity contribution in [2.24, 2.45) is 5.92 Å². The summed E-state index contributed by atoms with van der Waals surface area (Å²) in [4.78, 5) is 2.76. The summed E-state index contributed by atoms with van der Waals surface area (Å²) in [7, 11) is -3.20. The molecule has 27 heavy (non-hydrogen) atoms. The Morgan fingerprint density at radius 1 is 1.07 bits per heavy atom. The summed E-state index contributed by atoms with van der Waals surface area (Å²) in [6, 6.07) is 15.2. The number of rotatable bonds is 5. The fraction of sp³-hybridized carbons (Fsp3) is 0.429. The van der Waals surface area contributed by atoms with Gasteiger partial charge in [0.1, 0.15) is 11.9 Å². The maximum atomic E-state index is 11.7. The van der Waals surface area contributed by atoms with Crippen molar-refractivity contribution in [1.82, 2.24) is 4.90 Å². The molecule has 6 heteroatoms. The first-order valence-corrected chi connectivity index (χ1v) is 11.2. The molecular weight excluding hydrogens is 362 g/mol. The van der Waals surface area contributed by atoms with Gasteiger partial charge in [-0.2, -0.15) is 0 Å². The van der Waals surface area contributed by atoms with E-state index in [0.29, 0.717) is 16.6 Å². The van der Waals surface area contributed by atoms with Gasteiger partial charge >= 0.3 is 0 Å². The van der Waals surface area contributed by atoms with E-state index < -0.39 is 9.84 Å². The number of nitrogens with zero attached hydrogens (tertiary/aromatic N) is 1. The second-order valence-electron chi connectivity index (χ2n) is 7.36. The molecule has 2 aromatic carbocycles. The minimum absolute atomic E-state index is 0.0203. The second kappa shape index (κ2) is 7.62. The number of hydrogen-bond acceptors (Lipinski definition) is 5. The van der Waals surface area contributed by atoms with E-state index in [1.165, 1.54) is 17.4 Å². The van der Waals surface area contributed by atoms with Crippen LogP contribution in [0, 0.1) is 5.92 Å². The Bertz CT molecular complexity index is 889. The average molecular weight is 388 g/mol. The second-order valence-corrected chi connectivity index (χ2v) is 9.37. The van der Waals surface area contributed by atoms with E-state index in [2.05, 4.69) is 29.2 Å². The van der Waals surface area contributed by atoms with Crippen molar-refractivity contribution in [2.75, 3.05) is 39.1 Å². The fourth-order valence-electron chi connectivity index (χ4n) is 3.99. The lowest BCUT2D eigenvalue weighted by Gasteiger charge is -2.31. The number of ether oxygens (including phenoxy) is 2. The van der Waals surface area contributed by atoms with Crippen LogP contribution in [-0.2, 0) is 21.0 Å². The van der Waals surface area contributed by atoms with E-state index in [-0.39, 0.29) is 6.10 Å². The van der Waals surface area contributed by atoms with Crippen molar-refractivity contribution >= 4 is 9.84 Å². The molecule has 2 aromatic rings. The zero-order valence-corrected chi connectivity index (χ0v) is 16.3. The highest BCUT2D eigenvalue weighted by molar-refractivity contribution is 7.90. The van der Waals surface area contributed by atoms with E-state index >= 15 is 0 Å². The smallest absolute Gasteiger partial charge is 0.175 e. The Hall–Kier alpha value is -1.89. The average Bonchev–Trinajstić information content (AvgIpc) is 3.00. The molecule has 0 unspecified atom stereocenters. The molecule has 4 rings (SSSR count). The van der Waals surface area contributed by atoms with E-state index in [1.54, 1.807) is 24.3 Å². The first-order valence-electron chi connectivity index (χ1n) is 9.35. The molecule has 1 heterocycles. The molecule has 1 aliphatic heterocycles. The van der Waals surface area contributed by atoms with E-state index in [0.717, 1.165) is 39.3 Å². The van der Waals surface area contributed by atoms with Crippen LogP contribution >= 0.6 is 0 Å². The molecule has 0 aromatic heterocycles. The van der Waals surface area contributed by atoms with E-state index in [9.17, 15) is 8.42 Å². The van der Waals surface area contributed by atoms with Gasteiger partial charge in [-0.3, -0.25) is 4.90 Å². The topological polar surface area (TPSA) is 55.8 Å². The van der Waals surface area contributed by atoms with E-state index in [4.69, 9.17) is 9.47 Å². The molecule has 2 aliphatic rings. The summed E-state index contributed by atoms with van der Waals surface area (Å²) in [5.41, 5.74) is 2.58. The van der Waals surface area contributed by atoms with Crippen molar-refractivity contribution in [3.05, 3.63) is 59.7 Å². The van der Waals surface area contributed by atoms with Gasteiger partial charge in [-0.1, -0.05) is 24.3 Å². The van der Waals surface area contributed by atoms with Crippen LogP contribution in [0.1, 0.15) is 17.2 Å². The molecule has 5 nitrogen and oxygen atoms in total. The molecule has 1 saturated heterocycles. The quantitative estimate of drug-likeness (QED) is 0.790. The van der Waals surface area contributed by atoms with Crippen molar-refractivity contribution < 1.29 is 17.9 Å². The highest BCUT2D eigenvalue weighted by Crippen LogP contribution is 2.40. The third-order valence-electron chi connectivity index (χ3n) is 5.38. The summed E-state index contributed by atoms with van der Waals surface area (Å²) in [5.74, 6) is 1.08. The Balaban J connectivity index is 1.55. The molecule has 1 aliphatic carbocycles. The molecule has 0 bridgehead atoms. The molecule has 2 atom stereocenters. The number of hydrogen-bond donors (Lipinski definition) is 0. The molecule has 0 N–H and O–H groups in total. The predicted molar refractivity (Wildman–Crippen MR) is 104 cm³/mol. The van der Waals surface area contributed by atoms with Crippen LogP contribution in [0.3, 0.4) is 0 Å². The number of sulfone groups is 1. The van der Waals surface area contributed by atoms with E-state index in [1.807, 2.05) is 0 Å². The summed E-state index contributed by atoms with van der Waals surface area (Å²) in [5, 5.41) is 0. The van der Waals surface area contributed by atoms with Crippen molar-refractivity contribution in [3.63, 3.8) is 0 Å². The Kier molecular flexibility index (Phi) is 5.21. The minimum atomic E-state index is -3.20. The first kappa shape index (κ1) is 18.5. The lowest BCUT2D eigenvalue weighted by Crippen LogP contribution is -2.40. The SMILES string of the molecule is CS(=O)(=O)c1ccc(O[C@H]2c3ccccc3C[C@@H]2CN2CCOCC2)cc1. The van der Waals surface area contributed by atoms with Gasteiger partial charge in [-0.25, -0.2) is 8.42 Å². The van der Waals surface area contributed by atoms with Gasteiger partial charge < -0.3 is 9.47 Å². The Labute approximate surface area is 160 Å². The Morgan fingerprint density at radius 2 is 1.78 bits per heavy atom. The van der Waals surface area contributed by atoms with Crippen LogP contribution in [0.5, 0.6) is 5.75 Å². The highest BCUT2D eigenvalue weighted by atomic mass is 32.2. The van der Waals surface area contributed by atoms with Crippen LogP contribution in [0.2, 0.25) is 0 Å². The lowest BCUT2D eigenvalue weighted by atomic mass is 10.0. The van der Waals surface area contributed by atoms with Crippen LogP contribution in [0.25, 0.3) is 0 Å². The number of benzene rings is 2. The van der Waals surface area contributed by atoms with Gasteiger partial charge in [0.15, 0.2) is 9.84 Å². The van der Waals surface area contributed by atoms with Gasteiger partial charge in [0, 0.05) is 31.8 Å². The number of fused-ring (bicyclic) bond motifs is 1. The monoisotopic (exact) mass is 387 g/mol. The molecule has 0 radical (unpaired) electrons.